The second-order valence-electron chi connectivity index (χ2n) is 6.86. The molecule has 132 valence electrons. The maximum Gasteiger partial charge on any atom is 0.143 e. The standard InChI is InChI=1S/C20H22ClFN2O/c1-13-12-25-20-9-15-5-7-23-6-4-14(15)8-19(20)24(13)11-16-2-3-17(21)10-18(16)22/h2-3,8-10,13,23H,4-7,11-12H2,1H3/t13-/m1/s1. The molecule has 2 aliphatic rings. The summed E-state index contributed by atoms with van der Waals surface area (Å²) in [5.74, 6) is 0.653. The minimum atomic E-state index is -0.258. The van der Waals surface area contributed by atoms with Crippen molar-refractivity contribution < 1.29 is 9.13 Å². The first-order valence-electron chi connectivity index (χ1n) is 8.81. The van der Waals surface area contributed by atoms with Crippen LogP contribution < -0.4 is 15.0 Å². The molecular weight excluding hydrogens is 339 g/mol. The molecule has 0 amide bonds. The summed E-state index contributed by atoms with van der Waals surface area (Å²) in [4.78, 5) is 2.24. The van der Waals surface area contributed by atoms with Crippen molar-refractivity contribution in [1.29, 1.82) is 0 Å². The van der Waals surface area contributed by atoms with Crippen LogP contribution in [-0.4, -0.2) is 25.7 Å². The van der Waals surface area contributed by atoms with Crippen LogP contribution in [0.1, 0.15) is 23.6 Å². The van der Waals surface area contributed by atoms with Gasteiger partial charge in [-0.05, 0) is 68.2 Å². The second-order valence-corrected chi connectivity index (χ2v) is 7.30. The average molecular weight is 361 g/mol. The Morgan fingerprint density at radius 3 is 2.72 bits per heavy atom. The molecule has 2 aromatic carbocycles. The van der Waals surface area contributed by atoms with Gasteiger partial charge in [0.2, 0.25) is 0 Å². The second kappa shape index (κ2) is 6.85. The molecule has 0 radical (unpaired) electrons. The van der Waals surface area contributed by atoms with Gasteiger partial charge in [-0.1, -0.05) is 17.7 Å². The first-order valence-corrected chi connectivity index (χ1v) is 9.19. The lowest BCUT2D eigenvalue weighted by Crippen LogP contribution is -2.40. The van der Waals surface area contributed by atoms with E-state index >= 15 is 0 Å². The van der Waals surface area contributed by atoms with Gasteiger partial charge in [0.15, 0.2) is 0 Å². The highest BCUT2D eigenvalue weighted by molar-refractivity contribution is 6.30. The summed E-state index contributed by atoms with van der Waals surface area (Å²) in [6.45, 7) is 5.23. The Morgan fingerprint density at radius 1 is 1.20 bits per heavy atom. The molecule has 2 aliphatic heterocycles. The van der Waals surface area contributed by atoms with E-state index in [2.05, 4.69) is 29.3 Å². The maximum absolute atomic E-state index is 14.3. The molecule has 0 aromatic heterocycles. The summed E-state index contributed by atoms with van der Waals surface area (Å²) in [5.41, 5.74) is 4.44. The zero-order chi connectivity index (χ0) is 17.4. The first kappa shape index (κ1) is 16.7. The number of nitrogens with zero attached hydrogens (tertiary/aromatic N) is 1. The molecule has 0 unspecified atom stereocenters. The predicted molar refractivity (Wildman–Crippen MR) is 99.3 cm³/mol. The SMILES string of the molecule is C[C@@H]1COc2cc3c(cc2N1Cc1ccc(Cl)cc1F)CCNCC3. The largest absolute Gasteiger partial charge is 0.489 e. The Bertz CT molecular complexity index is 796. The van der Waals surface area contributed by atoms with Crippen molar-refractivity contribution in [3.8, 4) is 5.75 Å². The number of halogens is 2. The highest BCUT2D eigenvalue weighted by atomic mass is 35.5. The van der Waals surface area contributed by atoms with Crippen LogP contribution in [0.3, 0.4) is 0 Å². The zero-order valence-corrected chi connectivity index (χ0v) is 15.1. The van der Waals surface area contributed by atoms with E-state index in [1.54, 1.807) is 12.1 Å². The van der Waals surface area contributed by atoms with E-state index in [1.165, 1.54) is 17.2 Å². The summed E-state index contributed by atoms with van der Waals surface area (Å²) in [6.07, 6.45) is 2.04. The van der Waals surface area contributed by atoms with Crippen molar-refractivity contribution in [2.75, 3.05) is 24.6 Å². The van der Waals surface area contributed by atoms with Gasteiger partial charge in [0.05, 0.1) is 11.7 Å². The van der Waals surface area contributed by atoms with Crippen LogP contribution in [0.25, 0.3) is 0 Å². The van der Waals surface area contributed by atoms with Gasteiger partial charge in [0, 0.05) is 17.1 Å². The normalized spacial score (nSPS) is 19.6. The molecule has 1 atom stereocenters. The van der Waals surface area contributed by atoms with Crippen molar-refractivity contribution in [2.24, 2.45) is 0 Å². The van der Waals surface area contributed by atoms with Gasteiger partial charge in [0.25, 0.3) is 0 Å². The first-order chi connectivity index (χ1) is 12.1. The van der Waals surface area contributed by atoms with Crippen molar-refractivity contribution in [3.63, 3.8) is 0 Å². The van der Waals surface area contributed by atoms with Crippen LogP contribution in [0.2, 0.25) is 5.02 Å². The van der Waals surface area contributed by atoms with Gasteiger partial charge in [0.1, 0.15) is 18.2 Å². The fourth-order valence-corrected chi connectivity index (χ4v) is 3.80. The summed E-state index contributed by atoms with van der Waals surface area (Å²) in [5, 5.41) is 3.87. The van der Waals surface area contributed by atoms with E-state index in [0.29, 0.717) is 23.7 Å². The molecule has 0 aliphatic carbocycles. The minimum Gasteiger partial charge on any atom is -0.489 e. The van der Waals surface area contributed by atoms with E-state index in [0.717, 1.165) is 37.4 Å². The van der Waals surface area contributed by atoms with Crippen molar-refractivity contribution in [1.82, 2.24) is 5.32 Å². The number of ether oxygens (including phenoxy) is 1. The molecule has 5 heteroatoms. The Hall–Kier alpha value is -1.78. The summed E-state index contributed by atoms with van der Waals surface area (Å²) in [7, 11) is 0. The molecule has 25 heavy (non-hydrogen) atoms. The third-order valence-corrected chi connectivity index (χ3v) is 5.34. The molecule has 0 saturated carbocycles. The molecule has 0 saturated heterocycles. The predicted octanol–water partition coefficient (Wildman–Crippen LogP) is 3.95. The van der Waals surface area contributed by atoms with E-state index in [1.807, 2.05) is 0 Å². The fourth-order valence-electron chi connectivity index (χ4n) is 3.64. The van der Waals surface area contributed by atoms with Crippen LogP contribution in [0.4, 0.5) is 10.1 Å². The lowest BCUT2D eigenvalue weighted by atomic mass is 9.99. The van der Waals surface area contributed by atoms with Gasteiger partial charge in [-0.3, -0.25) is 0 Å². The van der Waals surface area contributed by atoms with Crippen LogP contribution >= 0.6 is 11.6 Å². The van der Waals surface area contributed by atoms with E-state index in [-0.39, 0.29) is 11.9 Å². The Kier molecular flexibility index (Phi) is 4.57. The van der Waals surface area contributed by atoms with Gasteiger partial charge >= 0.3 is 0 Å². The van der Waals surface area contributed by atoms with Crippen molar-refractivity contribution in [2.45, 2.75) is 32.4 Å². The van der Waals surface area contributed by atoms with Crippen molar-refractivity contribution >= 4 is 17.3 Å². The average Bonchev–Trinajstić information content (AvgIpc) is 2.82. The van der Waals surface area contributed by atoms with Crippen LogP contribution in [0.15, 0.2) is 30.3 Å². The summed E-state index contributed by atoms with van der Waals surface area (Å²) in [6, 6.07) is 9.49. The molecule has 2 aromatic rings. The lowest BCUT2D eigenvalue weighted by molar-refractivity contribution is 0.268. The monoisotopic (exact) mass is 360 g/mol. The maximum atomic E-state index is 14.3. The number of nitrogens with one attached hydrogen (secondary N) is 1. The van der Waals surface area contributed by atoms with Crippen LogP contribution in [0, 0.1) is 5.82 Å². The molecule has 3 nitrogen and oxygen atoms in total. The zero-order valence-electron chi connectivity index (χ0n) is 14.3. The van der Waals surface area contributed by atoms with E-state index in [4.69, 9.17) is 16.3 Å². The third kappa shape index (κ3) is 3.33. The number of anilines is 1. The van der Waals surface area contributed by atoms with Gasteiger partial charge < -0.3 is 15.0 Å². The van der Waals surface area contributed by atoms with Crippen LogP contribution in [0.5, 0.6) is 5.75 Å². The smallest absolute Gasteiger partial charge is 0.143 e. The highest BCUT2D eigenvalue weighted by Gasteiger charge is 2.27. The number of hydrogen-bond acceptors (Lipinski definition) is 3. The summed E-state index contributed by atoms with van der Waals surface area (Å²) >= 11 is 5.88. The molecule has 1 N–H and O–H groups in total. The summed E-state index contributed by atoms with van der Waals surface area (Å²) < 4.78 is 20.3. The fraction of sp³-hybridized carbons (Fsp3) is 0.400. The topological polar surface area (TPSA) is 24.5 Å². The number of hydrogen-bond donors (Lipinski definition) is 1. The molecule has 0 spiro atoms. The molecule has 0 fully saturated rings. The van der Waals surface area contributed by atoms with E-state index < -0.39 is 0 Å². The van der Waals surface area contributed by atoms with Gasteiger partial charge in [-0.25, -0.2) is 4.39 Å². The number of benzene rings is 2. The Balaban J connectivity index is 1.70. The van der Waals surface area contributed by atoms with E-state index in [9.17, 15) is 4.39 Å². The highest BCUT2D eigenvalue weighted by Crippen LogP contribution is 2.38. The third-order valence-electron chi connectivity index (χ3n) is 5.10. The Labute approximate surface area is 152 Å². The van der Waals surface area contributed by atoms with Gasteiger partial charge in [-0.15, -0.1) is 0 Å². The molecule has 4 rings (SSSR count). The Morgan fingerprint density at radius 2 is 1.96 bits per heavy atom. The molecule has 0 bridgehead atoms. The number of fused-ring (bicyclic) bond motifs is 2. The minimum absolute atomic E-state index is 0.185. The van der Waals surface area contributed by atoms with Crippen LogP contribution in [-0.2, 0) is 19.4 Å². The molecule has 2 heterocycles. The van der Waals surface area contributed by atoms with Gasteiger partial charge in [-0.2, -0.15) is 0 Å². The quantitative estimate of drug-likeness (QED) is 0.877. The lowest BCUT2D eigenvalue weighted by Gasteiger charge is -2.37. The molecular formula is C20H22ClFN2O. The number of rotatable bonds is 2. The van der Waals surface area contributed by atoms with Crippen molar-refractivity contribution in [3.05, 3.63) is 57.9 Å².